The van der Waals surface area contributed by atoms with Gasteiger partial charge in [0, 0.05) is 22.5 Å². The van der Waals surface area contributed by atoms with Gasteiger partial charge in [0.05, 0.1) is 0 Å². The zero-order valence-electron chi connectivity index (χ0n) is 36.4. The molecule has 0 fully saturated rings. The lowest BCUT2D eigenvalue weighted by Gasteiger charge is -2.34. The second kappa shape index (κ2) is 14.8. The van der Waals surface area contributed by atoms with Crippen molar-refractivity contribution in [3.05, 3.63) is 247 Å². The highest BCUT2D eigenvalue weighted by Crippen LogP contribution is 2.53. The lowest BCUT2D eigenvalue weighted by Crippen LogP contribution is -2.72. The molecule has 2 heteroatoms. The molecule has 0 aromatic heterocycles. The van der Waals surface area contributed by atoms with Gasteiger partial charge in [-0.3, -0.25) is 0 Å². The van der Waals surface area contributed by atoms with Crippen molar-refractivity contribution >= 4 is 56.7 Å². The van der Waals surface area contributed by atoms with Gasteiger partial charge < -0.3 is 4.90 Å². The van der Waals surface area contributed by atoms with Crippen molar-refractivity contribution in [3.63, 3.8) is 0 Å². The van der Waals surface area contributed by atoms with Crippen LogP contribution in [0.4, 0.5) is 17.1 Å². The number of aryl methyl sites for hydroxylation is 1. The smallest absolute Gasteiger partial charge is 0.180 e. The highest BCUT2D eigenvalue weighted by Gasteiger charge is 2.49. The first-order chi connectivity index (χ1) is 31.4. The summed E-state index contributed by atoms with van der Waals surface area (Å²) < 4.78 is 0. The van der Waals surface area contributed by atoms with E-state index >= 15 is 0 Å². The third-order valence-corrected chi connectivity index (χ3v) is 19.0. The molecule has 0 N–H and O–H groups in total. The molecule has 10 aromatic rings. The molecule has 0 atom stereocenters. The Balaban J connectivity index is 1.07. The highest BCUT2D eigenvalue weighted by molar-refractivity contribution is 7.22. The summed E-state index contributed by atoms with van der Waals surface area (Å²) in [6.45, 7) is 7.07. The van der Waals surface area contributed by atoms with E-state index in [-0.39, 0.29) is 5.41 Å². The molecule has 10 aromatic carbocycles. The third-order valence-electron chi connectivity index (χ3n) is 14.1. The SMILES string of the molecule is Cc1cc(N(c2ccc(-c3ccc4ccccc4c3)cc2)c2ccc3c(c2)C(C)(C)c2cccc(-c4ccccc4)c2-3)cc([Si]2(c3ccccc3)c3ccccc3-c3ccccc32)c1. The van der Waals surface area contributed by atoms with E-state index in [0.29, 0.717) is 0 Å². The Morgan fingerprint density at radius 2 is 0.969 bits per heavy atom. The molecule has 0 amide bonds. The maximum Gasteiger partial charge on any atom is 0.180 e. The molecule has 2 aliphatic rings. The predicted molar refractivity (Wildman–Crippen MR) is 274 cm³/mol. The zero-order valence-corrected chi connectivity index (χ0v) is 37.4. The molecule has 0 radical (unpaired) electrons. The van der Waals surface area contributed by atoms with Crippen LogP contribution >= 0.6 is 0 Å². The van der Waals surface area contributed by atoms with E-state index in [0.717, 1.165) is 17.1 Å². The minimum Gasteiger partial charge on any atom is -0.310 e. The lowest BCUT2D eigenvalue weighted by atomic mass is 9.81. The number of hydrogen-bond acceptors (Lipinski definition) is 1. The van der Waals surface area contributed by atoms with Gasteiger partial charge in [0.2, 0.25) is 0 Å². The van der Waals surface area contributed by atoms with E-state index < -0.39 is 8.07 Å². The first kappa shape index (κ1) is 38.2. The Kier molecular flexibility index (Phi) is 8.83. The van der Waals surface area contributed by atoms with Crippen LogP contribution in [-0.2, 0) is 5.41 Å². The second-order valence-electron chi connectivity index (χ2n) is 18.2. The van der Waals surface area contributed by atoms with Crippen molar-refractivity contribution in [2.45, 2.75) is 26.2 Å². The van der Waals surface area contributed by atoms with Crippen LogP contribution in [0.25, 0.3) is 55.3 Å². The predicted octanol–water partition coefficient (Wildman–Crippen LogP) is 13.6. The summed E-state index contributed by atoms with van der Waals surface area (Å²) in [6.07, 6.45) is 0. The van der Waals surface area contributed by atoms with Crippen LogP contribution in [0.5, 0.6) is 0 Å². The molecule has 1 nitrogen and oxygen atoms in total. The van der Waals surface area contributed by atoms with E-state index in [4.69, 9.17) is 0 Å². The summed E-state index contributed by atoms with van der Waals surface area (Å²) in [6, 6.07) is 86.7. The van der Waals surface area contributed by atoms with Crippen LogP contribution < -0.4 is 25.6 Å². The van der Waals surface area contributed by atoms with Gasteiger partial charge in [-0.05, 0) is 142 Å². The number of hydrogen-bond donors (Lipinski definition) is 0. The minimum atomic E-state index is -2.76. The number of anilines is 3. The van der Waals surface area contributed by atoms with Gasteiger partial charge >= 0.3 is 0 Å². The lowest BCUT2D eigenvalue weighted by molar-refractivity contribution is 0.660. The van der Waals surface area contributed by atoms with Gasteiger partial charge in [-0.1, -0.05) is 202 Å². The topological polar surface area (TPSA) is 3.24 Å². The Labute approximate surface area is 377 Å². The quantitative estimate of drug-likeness (QED) is 0.145. The molecule has 0 spiro atoms. The Bertz CT molecular complexity index is 3370. The molecule has 12 rings (SSSR count). The molecule has 1 aliphatic heterocycles. The number of rotatable bonds is 7. The van der Waals surface area contributed by atoms with Gasteiger partial charge in [-0.25, -0.2) is 0 Å². The van der Waals surface area contributed by atoms with Crippen molar-refractivity contribution in [3.8, 4) is 44.5 Å². The summed E-state index contributed by atoms with van der Waals surface area (Å²) in [4.78, 5) is 2.51. The summed E-state index contributed by atoms with van der Waals surface area (Å²) >= 11 is 0. The van der Waals surface area contributed by atoms with Gasteiger partial charge in [0.25, 0.3) is 0 Å². The molecular weight excluding hydrogens is 787 g/mol. The maximum atomic E-state index is 2.53. The van der Waals surface area contributed by atoms with Gasteiger partial charge in [0.1, 0.15) is 0 Å². The van der Waals surface area contributed by atoms with E-state index in [1.54, 1.807) is 0 Å². The molecule has 0 unspecified atom stereocenters. The van der Waals surface area contributed by atoms with Crippen LogP contribution in [0, 0.1) is 6.92 Å². The maximum absolute atomic E-state index is 2.76. The number of benzene rings is 10. The first-order valence-corrected chi connectivity index (χ1v) is 24.5. The molecular formula is C62H47NSi. The first-order valence-electron chi connectivity index (χ1n) is 22.5. The van der Waals surface area contributed by atoms with Crippen molar-refractivity contribution in [2.75, 3.05) is 4.90 Å². The zero-order chi connectivity index (χ0) is 43.0. The van der Waals surface area contributed by atoms with Crippen molar-refractivity contribution < 1.29 is 0 Å². The monoisotopic (exact) mass is 833 g/mol. The fourth-order valence-electron chi connectivity index (χ4n) is 11.2. The Morgan fingerprint density at radius 1 is 0.359 bits per heavy atom. The van der Waals surface area contributed by atoms with Gasteiger partial charge in [-0.15, -0.1) is 0 Å². The van der Waals surface area contributed by atoms with E-state index in [9.17, 15) is 0 Å². The standard InChI is InChI=1S/C62H47NSi/c1-42-37-50(40-52(38-42)64(51-21-8-5-9-22-51)59-27-14-12-23-54(59)55-24-13-15-28-60(55)64)63(48-33-31-44(32-34-48)47-30-29-43-17-10-11-20-46(43)39-47)49-35-36-56-58(41-49)62(2,3)57-26-16-25-53(61(56)57)45-18-6-4-7-19-45/h4-41H,1-3H3. The van der Waals surface area contributed by atoms with Crippen LogP contribution in [0.2, 0.25) is 0 Å². The average Bonchev–Trinajstić information content (AvgIpc) is 3.77. The molecule has 304 valence electrons. The van der Waals surface area contributed by atoms with Gasteiger partial charge in [0.15, 0.2) is 8.07 Å². The van der Waals surface area contributed by atoms with Crippen molar-refractivity contribution in [2.24, 2.45) is 0 Å². The molecule has 1 heterocycles. The van der Waals surface area contributed by atoms with E-state index in [2.05, 4.69) is 256 Å². The molecule has 0 bridgehead atoms. The minimum absolute atomic E-state index is 0.198. The Morgan fingerprint density at radius 3 is 1.70 bits per heavy atom. The van der Waals surface area contributed by atoms with E-state index in [1.807, 2.05) is 0 Å². The summed E-state index contributed by atoms with van der Waals surface area (Å²) in [7, 11) is -2.76. The molecule has 64 heavy (non-hydrogen) atoms. The van der Waals surface area contributed by atoms with Crippen LogP contribution in [0.3, 0.4) is 0 Å². The van der Waals surface area contributed by atoms with Gasteiger partial charge in [-0.2, -0.15) is 0 Å². The molecule has 0 saturated carbocycles. The molecule has 0 saturated heterocycles. The second-order valence-corrected chi connectivity index (χ2v) is 21.9. The fraction of sp³-hybridized carbons (Fsp3) is 0.0645. The fourth-order valence-corrected chi connectivity index (χ4v) is 16.5. The van der Waals surface area contributed by atoms with E-state index in [1.165, 1.54) is 92.7 Å². The summed E-state index contributed by atoms with van der Waals surface area (Å²) in [5, 5.41) is 8.22. The number of nitrogens with zero attached hydrogens (tertiary/aromatic N) is 1. The molecule has 1 aliphatic carbocycles. The number of fused-ring (bicyclic) bond motifs is 7. The normalized spacial score (nSPS) is 13.8. The van der Waals surface area contributed by atoms with Crippen molar-refractivity contribution in [1.29, 1.82) is 0 Å². The average molecular weight is 834 g/mol. The van der Waals surface area contributed by atoms with Crippen LogP contribution in [0.15, 0.2) is 231 Å². The largest absolute Gasteiger partial charge is 0.310 e. The third kappa shape index (κ3) is 5.83. The highest BCUT2D eigenvalue weighted by atomic mass is 28.3. The van der Waals surface area contributed by atoms with Crippen LogP contribution in [-0.4, -0.2) is 8.07 Å². The Hall–Kier alpha value is -7.52. The van der Waals surface area contributed by atoms with Crippen LogP contribution in [0.1, 0.15) is 30.5 Å². The summed E-state index contributed by atoms with van der Waals surface area (Å²) in [5.41, 5.74) is 17.5. The van der Waals surface area contributed by atoms with Crippen molar-refractivity contribution in [1.82, 2.24) is 0 Å². The summed E-state index contributed by atoms with van der Waals surface area (Å²) in [5.74, 6) is 0.